The van der Waals surface area contributed by atoms with E-state index in [0.29, 0.717) is 41.9 Å². The van der Waals surface area contributed by atoms with Crippen molar-refractivity contribution < 1.29 is 9.66 Å². The SMILES string of the molecule is O=[N+]([O-])c1cnc2ccc(OCCNCc3ccnc(C(S)c4nc5ccccc5[nH]4)c3Cl)nn12. The molecule has 1 unspecified atom stereocenters. The van der Waals surface area contributed by atoms with Gasteiger partial charge in [0.1, 0.15) is 23.9 Å². The summed E-state index contributed by atoms with van der Waals surface area (Å²) in [4.78, 5) is 26.7. The van der Waals surface area contributed by atoms with Crippen LogP contribution in [0.25, 0.3) is 16.7 Å². The lowest BCUT2D eigenvalue weighted by Crippen LogP contribution is -2.21. The molecule has 11 nitrogen and oxygen atoms in total. The van der Waals surface area contributed by atoms with Gasteiger partial charge >= 0.3 is 5.82 Å². The molecule has 0 bridgehead atoms. The van der Waals surface area contributed by atoms with E-state index in [0.717, 1.165) is 27.3 Å². The van der Waals surface area contributed by atoms with Crippen molar-refractivity contribution in [2.75, 3.05) is 13.2 Å². The van der Waals surface area contributed by atoms with Crippen LogP contribution in [-0.2, 0) is 6.54 Å². The number of hydrogen-bond donors (Lipinski definition) is 3. The number of nitrogens with zero attached hydrogens (tertiary/aromatic N) is 6. The van der Waals surface area contributed by atoms with Crippen molar-refractivity contribution in [1.82, 2.24) is 34.9 Å². The first kappa shape index (κ1) is 23.0. The summed E-state index contributed by atoms with van der Waals surface area (Å²) in [6.45, 7) is 1.27. The van der Waals surface area contributed by atoms with Gasteiger partial charge in [-0.3, -0.25) is 4.98 Å². The van der Waals surface area contributed by atoms with Gasteiger partial charge in [0.05, 0.1) is 21.7 Å². The van der Waals surface area contributed by atoms with Gasteiger partial charge in [-0.2, -0.15) is 12.6 Å². The van der Waals surface area contributed by atoms with E-state index in [2.05, 4.69) is 30.4 Å². The van der Waals surface area contributed by atoms with Crippen molar-refractivity contribution in [3.8, 4) is 5.88 Å². The first-order valence-corrected chi connectivity index (χ1v) is 11.5. The van der Waals surface area contributed by atoms with E-state index in [4.69, 9.17) is 29.0 Å². The number of thiol groups is 1. The molecule has 4 aromatic heterocycles. The Morgan fingerprint density at radius 1 is 1.23 bits per heavy atom. The maximum absolute atomic E-state index is 11.1. The number of halogens is 1. The van der Waals surface area contributed by atoms with E-state index in [1.54, 1.807) is 18.3 Å². The summed E-state index contributed by atoms with van der Waals surface area (Å²) in [6.07, 6.45) is 2.85. The van der Waals surface area contributed by atoms with E-state index in [-0.39, 0.29) is 11.7 Å². The number of ether oxygens (including phenoxy) is 1. The van der Waals surface area contributed by atoms with Gasteiger partial charge < -0.3 is 25.2 Å². The van der Waals surface area contributed by atoms with Gasteiger partial charge in [0.25, 0.3) is 5.88 Å². The molecule has 0 radical (unpaired) electrons. The number of rotatable bonds is 9. The second-order valence-corrected chi connectivity index (χ2v) is 8.45. The molecule has 1 aromatic carbocycles. The molecule has 4 heterocycles. The monoisotopic (exact) mass is 510 g/mol. The van der Waals surface area contributed by atoms with Gasteiger partial charge in [-0.1, -0.05) is 28.2 Å². The molecule has 0 amide bonds. The van der Waals surface area contributed by atoms with Crippen molar-refractivity contribution in [2.24, 2.45) is 0 Å². The van der Waals surface area contributed by atoms with E-state index in [9.17, 15) is 10.1 Å². The predicted octanol–water partition coefficient (Wildman–Crippen LogP) is 3.75. The molecule has 13 heteroatoms. The fourth-order valence-electron chi connectivity index (χ4n) is 3.56. The van der Waals surface area contributed by atoms with E-state index < -0.39 is 10.2 Å². The van der Waals surface area contributed by atoms with Crippen molar-refractivity contribution in [2.45, 2.75) is 11.8 Å². The van der Waals surface area contributed by atoms with Crippen LogP contribution in [0.3, 0.4) is 0 Å². The van der Waals surface area contributed by atoms with Crippen LogP contribution in [0.5, 0.6) is 5.88 Å². The fourth-order valence-corrected chi connectivity index (χ4v) is 4.24. The lowest BCUT2D eigenvalue weighted by Gasteiger charge is -2.13. The van der Waals surface area contributed by atoms with Crippen LogP contribution >= 0.6 is 24.2 Å². The van der Waals surface area contributed by atoms with Gasteiger partial charge in [-0.25, -0.2) is 9.97 Å². The summed E-state index contributed by atoms with van der Waals surface area (Å²) in [6, 6.07) is 12.8. The summed E-state index contributed by atoms with van der Waals surface area (Å²) < 4.78 is 6.76. The van der Waals surface area contributed by atoms with Crippen LogP contribution in [0, 0.1) is 10.1 Å². The topological polar surface area (TPSA) is 136 Å². The quantitative estimate of drug-likeness (QED) is 0.118. The first-order chi connectivity index (χ1) is 17.0. The third kappa shape index (κ3) is 4.76. The Hall–Kier alpha value is -3.74. The maximum atomic E-state index is 11.1. The maximum Gasteiger partial charge on any atom is 0.368 e. The fraction of sp³-hybridized carbons (Fsp3) is 0.182. The molecule has 178 valence electrons. The Labute approximate surface area is 209 Å². The summed E-state index contributed by atoms with van der Waals surface area (Å²) in [5.74, 6) is 0.704. The molecule has 0 saturated carbocycles. The van der Waals surface area contributed by atoms with Gasteiger partial charge in [-0.05, 0) is 33.8 Å². The Kier molecular flexibility index (Phi) is 6.49. The minimum atomic E-state index is -0.547. The summed E-state index contributed by atoms with van der Waals surface area (Å²) in [7, 11) is 0. The van der Waals surface area contributed by atoms with Gasteiger partial charge in [0.2, 0.25) is 5.65 Å². The molecule has 35 heavy (non-hydrogen) atoms. The van der Waals surface area contributed by atoms with Crippen LogP contribution in [0.2, 0.25) is 5.02 Å². The van der Waals surface area contributed by atoms with E-state index >= 15 is 0 Å². The number of aromatic amines is 1. The predicted molar refractivity (Wildman–Crippen MR) is 133 cm³/mol. The normalized spacial score (nSPS) is 12.3. The van der Waals surface area contributed by atoms with Crippen molar-refractivity contribution in [1.29, 1.82) is 0 Å². The second-order valence-electron chi connectivity index (χ2n) is 7.55. The highest BCUT2D eigenvalue weighted by atomic mass is 35.5. The third-order valence-corrected chi connectivity index (χ3v) is 6.20. The lowest BCUT2D eigenvalue weighted by atomic mass is 10.1. The zero-order valence-corrected chi connectivity index (χ0v) is 19.8. The van der Waals surface area contributed by atoms with Gasteiger partial charge in [-0.15, -0.1) is 0 Å². The number of pyridine rings is 1. The number of nitro groups is 1. The largest absolute Gasteiger partial charge is 0.474 e. The van der Waals surface area contributed by atoms with Crippen LogP contribution in [-0.4, -0.2) is 47.6 Å². The number of hydrogen-bond acceptors (Lipinski definition) is 9. The minimum Gasteiger partial charge on any atom is -0.474 e. The average Bonchev–Trinajstić information content (AvgIpc) is 3.48. The van der Waals surface area contributed by atoms with Crippen molar-refractivity contribution >= 4 is 46.7 Å². The molecule has 2 N–H and O–H groups in total. The van der Waals surface area contributed by atoms with Crippen molar-refractivity contribution in [3.63, 3.8) is 0 Å². The number of fused-ring (bicyclic) bond motifs is 2. The van der Waals surface area contributed by atoms with Crippen LogP contribution in [0.15, 0.2) is 54.9 Å². The molecular weight excluding hydrogens is 492 g/mol. The van der Waals surface area contributed by atoms with E-state index in [1.165, 1.54) is 0 Å². The molecule has 0 aliphatic carbocycles. The van der Waals surface area contributed by atoms with Crippen LogP contribution in [0.4, 0.5) is 5.82 Å². The molecule has 0 aliphatic rings. The van der Waals surface area contributed by atoms with Gasteiger partial charge in [0, 0.05) is 31.4 Å². The molecule has 5 rings (SSSR count). The van der Waals surface area contributed by atoms with Crippen LogP contribution in [0.1, 0.15) is 22.3 Å². The first-order valence-electron chi connectivity index (χ1n) is 10.6. The molecule has 0 fully saturated rings. The highest BCUT2D eigenvalue weighted by Crippen LogP contribution is 2.32. The highest BCUT2D eigenvalue weighted by molar-refractivity contribution is 7.80. The number of imidazole rings is 2. The lowest BCUT2D eigenvalue weighted by molar-refractivity contribution is -0.391. The molecule has 0 aliphatic heterocycles. The molecule has 5 aromatic rings. The van der Waals surface area contributed by atoms with Crippen LogP contribution < -0.4 is 10.1 Å². The number of H-pyrrole nitrogens is 1. The molecule has 0 saturated heterocycles. The number of nitrogens with one attached hydrogen (secondary N) is 2. The zero-order valence-electron chi connectivity index (χ0n) is 18.1. The minimum absolute atomic E-state index is 0.225. The average molecular weight is 511 g/mol. The number of aromatic nitrogens is 6. The zero-order chi connectivity index (χ0) is 24.4. The summed E-state index contributed by atoms with van der Waals surface area (Å²) >= 11 is 11.4. The Morgan fingerprint density at radius 2 is 2.09 bits per heavy atom. The summed E-state index contributed by atoms with van der Waals surface area (Å²) in [5, 5.41) is 18.5. The van der Waals surface area contributed by atoms with Crippen molar-refractivity contribution in [3.05, 3.63) is 87.1 Å². The molecular formula is C22H19ClN8O3S. The second kappa shape index (κ2) is 9.86. The van der Waals surface area contributed by atoms with E-state index in [1.807, 2.05) is 30.3 Å². The molecule has 1 atom stereocenters. The highest BCUT2D eigenvalue weighted by Gasteiger charge is 2.20. The number of para-hydroxylation sites is 2. The molecule has 0 spiro atoms. The van der Waals surface area contributed by atoms with Gasteiger partial charge in [0.15, 0.2) is 0 Å². The standard InChI is InChI=1S/C22H19ClN8O3S/c23-19-13(7-8-25-20(19)21(35)22-27-14-3-1-2-4-15(14)28-22)11-24-9-10-34-17-6-5-16-26-12-18(31(32)33)30(16)29-17/h1-8,12,21,24,35H,9-11H2,(H,27,28). The third-order valence-electron chi connectivity index (χ3n) is 5.27. The Balaban J connectivity index is 1.19. The number of benzene rings is 1. The Bertz CT molecular complexity index is 1490. The smallest absolute Gasteiger partial charge is 0.368 e. The Morgan fingerprint density at radius 3 is 2.91 bits per heavy atom. The summed E-state index contributed by atoms with van der Waals surface area (Å²) in [5.41, 5.74) is 3.62.